The largest absolute Gasteiger partial charge is 0.465 e. The van der Waals surface area contributed by atoms with Gasteiger partial charge in [0.2, 0.25) is 0 Å². The monoisotopic (exact) mass is 166 g/mol. The summed E-state index contributed by atoms with van der Waals surface area (Å²) in [5.74, 6) is 2.03. The highest BCUT2D eigenvalue weighted by molar-refractivity contribution is 7.12. The third-order valence-electron chi connectivity index (χ3n) is 1.19. The number of thiophene rings is 1. The van der Waals surface area contributed by atoms with E-state index in [-0.39, 0.29) is 5.97 Å². The van der Waals surface area contributed by atoms with Crippen LogP contribution in [-0.2, 0) is 4.74 Å². The molecule has 11 heavy (non-hydrogen) atoms. The second-order valence-corrected chi connectivity index (χ2v) is 2.72. The molecule has 0 bridgehead atoms. The highest BCUT2D eigenvalue weighted by Gasteiger charge is 2.10. The van der Waals surface area contributed by atoms with Gasteiger partial charge in [-0.3, -0.25) is 0 Å². The highest BCUT2D eigenvalue weighted by atomic mass is 32.1. The third kappa shape index (κ3) is 1.41. The summed E-state index contributed by atoms with van der Waals surface area (Å²) in [6.07, 6.45) is 5.14. The molecule has 0 atom stereocenters. The first-order valence-electron chi connectivity index (χ1n) is 2.92. The molecule has 1 heterocycles. The Bertz CT molecular complexity index is 306. The number of esters is 1. The van der Waals surface area contributed by atoms with Crippen molar-refractivity contribution in [2.75, 3.05) is 7.11 Å². The third-order valence-corrected chi connectivity index (χ3v) is 2.09. The molecule has 1 rings (SSSR count). The quantitative estimate of drug-likeness (QED) is 0.467. The molecule has 2 nitrogen and oxygen atoms in total. The average molecular weight is 166 g/mol. The van der Waals surface area contributed by atoms with Gasteiger partial charge in [-0.1, -0.05) is 5.92 Å². The van der Waals surface area contributed by atoms with Crippen LogP contribution in [0.25, 0.3) is 0 Å². The first-order chi connectivity index (χ1) is 5.29. The molecule has 0 fully saturated rings. The van der Waals surface area contributed by atoms with Crippen molar-refractivity contribution in [3.8, 4) is 12.3 Å². The zero-order chi connectivity index (χ0) is 8.27. The van der Waals surface area contributed by atoms with Gasteiger partial charge in [-0.15, -0.1) is 17.8 Å². The maximum absolute atomic E-state index is 10.9. The molecule has 0 aliphatic heterocycles. The van der Waals surface area contributed by atoms with Crippen LogP contribution in [0.2, 0.25) is 0 Å². The molecule has 0 saturated heterocycles. The fraction of sp³-hybridized carbons (Fsp3) is 0.125. The van der Waals surface area contributed by atoms with Gasteiger partial charge in [0.25, 0.3) is 0 Å². The van der Waals surface area contributed by atoms with Crippen molar-refractivity contribution in [1.82, 2.24) is 0 Å². The number of carbonyl (C=O) groups excluding carboxylic acids is 1. The fourth-order valence-electron chi connectivity index (χ4n) is 0.674. The normalized spacial score (nSPS) is 8.73. The van der Waals surface area contributed by atoms with E-state index in [0.717, 1.165) is 0 Å². The second kappa shape index (κ2) is 3.22. The van der Waals surface area contributed by atoms with Crippen LogP contribution in [0.15, 0.2) is 11.4 Å². The summed E-state index contributed by atoms with van der Waals surface area (Å²) < 4.78 is 4.51. The van der Waals surface area contributed by atoms with Crippen LogP contribution >= 0.6 is 11.3 Å². The molecule has 0 saturated carbocycles. The number of hydrogen-bond donors (Lipinski definition) is 0. The number of ether oxygens (including phenoxy) is 1. The molecule has 0 amide bonds. The molecule has 0 radical (unpaired) electrons. The molecule has 0 unspecified atom stereocenters. The molecular formula is C8H6O2S. The van der Waals surface area contributed by atoms with E-state index in [1.807, 2.05) is 0 Å². The summed E-state index contributed by atoms with van der Waals surface area (Å²) in [7, 11) is 1.34. The lowest BCUT2D eigenvalue weighted by Crippen LogP contribution is -1.99. The second-order valence-electron chi connectivity index (χ2n) is 1.80. The van der Waals surface area contributed by atoms with Crippen LogP contribution in [0.1, 0.15) is 15.2 Å². The maximum Gasteiger partial charge on any atom is 0.349 e. The van der Waals surface area contributed by atoms with Gasteiger partial charge >= 0.3 is 5.97 Å². The smallest absolute Gasteiger partial charge is 0.349 e. The first kappa shape index (κ1) is 7.83. The van der Waals surface area contributed by atoms with E-state index in [0.29, 0.717) is 10.4 Å². The topological polar surface area (TPSA) is 26.3 Å². The Balaban J connectivity index is 3.05. The van der Waals surface area contributed by atoms with Gasteiger partial charge in [-0.25, -0.2) is 4.79 Å². The Morgan fingerprint density at radius 3 is 3.09 bits per heavy atom. The zero-order valence-corrected chi connectivity index (χ0v) is 6.77. The van der Waals surface area contributed by atoms with Gasteiger partial charge in [-0.05, 0) is 11.4 Å². The van der Waals surface area contributed by atoms with E-state index in [4.69, 9.17) is 6.42 Å². The van der Waals surface area contributed by atoms with Gasteiger partial charge in [0, 0.05) is 5.56 Å². The molecular weight excluding hydrogens is 160 g/mol. The van der Waals surface area contributed by atoms with Crippen molar-refractivity contribution >= 4 is 17.3 Å². The van der Waals surface area contributed by atoms with Gasteiger partial charge in [0.1, 0.15) is 4.88 Å². The summed E-state index contributed by atoms with van der Waals surface area (Å²) in [4.78, 5) is 11.4. The summed E-state index contributed by atoms with van der Waals surface area (Å²) in [5.41, 5.74) is 0.599. The Morgan fingerprint density at radius 1 is 1.82 bits per heavy atom. The molecule has 0 spiro atoms. The van der Waals surface area contributed by atoms with Crippen LogP contribution in [0.4, 0.5) is 0 Å². The standard InChI is InChI=1S/C8H6O2S/c1-3-6-4-5-11-7(6)8(9)10-2/h1,4-5H,2H3. The van der Waals surface area contributed by atoms with E-state index < -0.39 is 0 Å². The lowest BCUT2D eigenvalue weighted by Gasteiger charge is -1.93. The average Bonchev–Trinajstić information content (AvgIpc) is 2.50. The van der Waals surface area contributed by atoms with Crippen LogP contribution in [0, 0.1) is 12.3 Å². The minimum atomic E-state index is -0.368. The highest BCUT2D eigenvalue weighted by Crippen LogP contribution is 2.16. The maximum atomic E-state index is 10.9. The zero-order valence-electron chi connectivity index (χ0n) is 5.96. The molecule has 0 aliphatic carbocycles. The van der Waals surface area contributed by atoms with E-state index in [1.54, 1.807) is 11.4 Å². The van der Waals surface area contributed by atoms with E-state index in [9.17, 15) is 4.79 Å². The number of hydrogen-bond acceptors (Lipinski definition) is 3. The van der Waals surface area contributed by atoms with Crippen molar-refractivity contribution in [3.05, 3.63) is 21.9 Å². The summed E-state index contributed by atoms with van der Waals surface area (Å²) >= 11 is 1.29. The van der Waals surface area contributed by atoms with E-state index in [1.165, 1.54) is 18.4 Å². The number of methoxy groups -OCH3 is 1. The first-order valence-corrected chi connectivity index (χ1v) is 3.80. The summed E-state index contributed by atoms with van der Waals surface area (Å²) in [6.45, 7) is 0. The van der Waals surface area contributed by atoms with Crippen molar-refractivity contribution in [3.63, 3.8) is 0 Å². The Kier molecular flexibility index (Phi) is 2.29. The Labute approximate surface area is 68.8 Å². The lowest BCUT2D eigenvalue weighted by molar-refractivity contribution is 0.0606. The lowest BCUT2D eigenvalue weighted by atomic mass is 10.3. The minimum Gasteiger partial charge on any atom is -0.465 e. The van der Waals surface area contributed by atoms with Gasteiger partial charge in [-0.2, -0.15) is 0 Å². The molecule has 1 aromatic heterocycles. The van der Waals surface area contributed by atoms with Gasteiger partial charge < -0.3 is 4.74 Å². The molecule has 1 aromatic rings. The van der Waals surface area contributed by atoms with E-state index in [2.05, 4.69) is 10.7 Å². The van der Waals surface area contributed by atoms with Crippen molar-refractivity contribution < 1.29 is 9.53 Å². The van der Waals surface area contributed by atoms with Gasteiger partial charge in [0.15, 0.2) is 0 Å². The fourth-order valence-corrected chi connectivity index (χ4v) is 1.45. The SMILES string of the molecule is C#Cc1ccsc1C(=O)OC. The molecule has 56 valence electrons. The minimum absolute atomic E-state index is 0.368. The number of terminal acetylenes is 1. The predicted molar refractivity (Wildman–Crippen MR) is 43.6 cm³/mol. The van der Waals surface area contributed by atoms with E-state index >= 15 is 0 Å². The summed E-state index contributed by atoms with van der Waals surface area (Å²) in [5, 5.41) is 1.77. The molecule has 0 aliphatic rings. The number of carbonyl (C=O) groups is 1. The van der Waals surface area contributed by atoms with Crippen molar-refractivity contribution in [2.45, 2.75) is 0 Å². The number of rotatable bonds is 1. The predicted octanol–water partition coefficient (Wildman–Crippen LogP) is 1.52. The van der Waals surface area contributed by atoms with Crippen molar-refractivity contribution in [1.29, 1.82) is 0 Å². The molecule has 0 N–H and O–H groups in total. The van der Waals surface area contributed by atoms with Crippen LogP contribution in [0.3, 0.4) is 0 Å². The van der Waals surface area contributed by atoms with Crippen LogP contribution < -0.4 is 0 Å². The molecule has 3 heteroatoms. The van der Waals surface area contributed by atoms with Crippen molar-refractivity contribution in [2.24, 2.45) is 0 Å². The van der Waals surface area contributed by atoms with Crippen LogP contribution in [0.5, 0.6) is 0 Å². The summed E-state index contributed by atoms with van der Waals surface area (Å²) in [6, 6.07) is 1.72. The van der Waals surface area contributed by atoms with Crippen LogP contribution in [-0.4, -0.2) is 13.1 Å². The Hall–Kier alpha value is -1.27. The van der Waals surface area contributed by atoms with Gasteiger partial charge in [0.05, 0.1) is 7.11 Å². The Morgan fingerprint density at radius 2 is 2.55 bits per heavy atom. The molecule has 0 aromatic carbocycles.